The van der Waals surface area contributed by atoms with Crippen LogP contribution in [0, 0.1) is 5.92 Å². The average molecular weight is 278 g/mol. The fraction of sp³-hybridized carbons (Fsp3) is 0.467. The first-order valence-corrected chi connectivity index (χ1v) is 6.68. The Labute approximate surface area is 119 Å². The fourth-order valence-electron chi connectivity index (χ4n) is 1.50. The molecule has 1 atom stereocenters. The summed E-state index contributed by atoms with van der Waals surface area (Å²) < 4.78 is 5.08. The first-order valence-electron chi connectivity index (χ1n) is 6.68. The topological polar surface area (TPSA) is 81.4 Å². The summed E-state index contributed by atoms with van der Waals surface area (Å²) in [6, 6.07) is 5.98. The number of esters is 1. The number of anilines is 1. The molecule has 5 heteroatoms. The summed E-state index contributed by atoms with van der Waals surface area (Å²) in [5, 5.41) is 2.71. The molecule has 5 nitrogen and oxygen atoms in total. The summed E-state index contributed by atoms with van der Waals surface area (Å²) in [5.41, 5.74) is 6.81. The number of hydrogen-bond acceptors (Lipinski definition) is 4. The molecule has 0 aliphatic rings. The van der Waals surface area contributed by atoms with E-state index >= 15 is 0 Å². The zero-order chi connectivity index (χ0) is 15.3. The van der Waals surface area contributed by atoms with Crippen molar-refractivity contribution in [2.24, 2.45) is 11.7 Å². The molecule has 0 spiro atoms. The highest BCUT2D eigenvalue weighted by Crippen LogP contribution is 2.12. The van der Waals surface area contributed by atoms with Gasteiger partial charge >= 0.3 is 5.97 Å². The van der Waals surface area contributed by atoms with Crippen molar-refractivity contribution >= 4 is 17.6 Å². The van der Waals surface area contributed by atoms with Crippen LogP contribution in [0.4, 0.5) is 5.69 Å². The molecule has 110 valence electrons. The van der Waals surface area contributed by atoms with Crippen LogP contribution in [-0.4, -0.2) is 24.0 Å². The number of amides is 1. The Morgan fingerprint density at radius 3 is 2.10 bits per heavy atom. The Kier molecular flexibility index (Phi) is 5.70. The minimum absolute atomic E-state index is 0.0651. The Hall–Kier alpha value is -1.88. The van der Waals surface area contributed by atoms with E-state index in [4.69, 9.17) is 10.5 Å². The summed E-state index contributed by atoms with van der Waals surface area (Å²) in [4.78, 5) is 23.4. The number of nitrogens with two attached hydrogens (primary N) is 1. The second-order valence-corrected chi connectivity index (χ2v) is 5.29. The van der Waals surface area contributed by atoms with Crippen molar-refractivity contribution < 1.29 is 14.3 Å². The molecule has 0 radical (unpaired) electrons. The van der Waals surface area contributed by atoms with E-state index in [0.29, 0.717) is 11.3 Å². The Bertz CT molecular complexity index is 467. The molecule has 20 heavy (non-hydrogen) atoms. The molecular formula is C15H22N2O3. The van der Waals surface area contributed by atoms with Crippen molar-refractivity contribution in [2.45, 2.75) is 39.8 Å². The van der Waals surface area contributed by atoms with Crippen molar-refractivity contribution in [3.63, 3.8) is 0 Å². The first-order chi connectivity index (χ1) is 9.31. The Balaban J connectivity index is 2.67. The number of benzene rings is 1. The van der Waals surface area contributed by atoms with Crippen LogP contribution in [0.25, 0.3) is 0 Å². The van der Waals surface area contributed by atoms with E-state index in [1.54, 1.807) is 38.1 Å². The van der Waals surface area contributed by atoms with Gasteiger partial charge < -0.3 is 15.8 Å². The predicted molar refractivity (Wildman–Crippen MR) is 78.4 cm³/mol. The molecule has 0 aliphatic carbocycles. The van der Waals surface area contributed by atoms with Crippen molar-refractivity contribution in [3.8, 4) is 0 Å². The van der Waals surface area contributed by atoms with Gasteiger partial charge in [-0.2, -0.15) is 0 Å². The van der Waals surface area contributed by atoms with Crippen LogP contribution in [0.5, 0.6) is 0 Å². The molecule has 1 amide bonds. The molecule has 1 rings (SSSR count). The zero-order valence-electron chi connectivity index (χ0n) is 12.3. The number of ether oxygens (including phenoxy) is 1. The second kappa shape index (κ2) is 7.05. The lowest BCUT2D eigenvalue weighted by atomic mass is 10.0. The maximum atomic E-state index is 11.8. The molecule has 0 heterocycles. The SMILES string of the molecule is CC(C)OC(=O)c1ccc(NC(=O)[C@H](N)C(C)C)cc1. The third-order valence-electron chi connectivity index (χ3n) is 2.75. The number of nitrogens with one attached hydrogen (secondary N) is 1. The van der Waals surface area contributed by atoms with Gasteiger partial charge in [-0.05, 0) is 44.0 Å². The van der Waals surface area contributed by atoms with E-state index < -0.39 is 6.04 Å². The minimum Gasteiger partial charge on any atom is -0.459 e. The predicted octanol–water partition coefficient (Wildman–Crippen LogP) is 2.17. The molecule has 0 unspecified atom stereocenters. The molecule has 3 N–H and O–H groups in total. The van der Waals surface area contributed by atoms with Gasteiger partial charge in [0.1, 0.15) is 0 Å². The van der Waals surface area contributed by atoms with Gasteiger partial charge in [-0.1, -0.05) is 13.8 Å². The standard InChI is InChI=1S/C15H22N2O3/c1-9(2)13(16)14(18)17-12-7-5-11(6-8-12)15(19)20-10(3)4/h5-10,13H,16H2,1-4H3,(H,17,18)/t13-/m1/s1. The lowest BCUT2D eigenvalue weighted by Crippen LogP contribution is -2.39. The molecule has 0 fully saturated rings. The Morgan fingerprint density at radius 1 is 1.10 bits per heavy atom. The molecule has 0 aliphatic heterocycles. The van der Waals surface area contributed by atoms with Crippen LogP contribution in [0.1, 0.15) is 38.1 Å². The zero-order valence-corrected chi connectivity index (χ0v) is 12.3. The van der Waals surface area contributed by atoms with Gasteiger partial charge in [0, 0.05) is 5.69 Å². The lowest BCUT2D eigenvalue weighted by Gasteiger charge is -2.15. The summed E-state index contributed by atoms with van der Waals surface area (Å²) >= 11 is 0. The average Bonchev–Trinajstić information content (AvgIpc) is 2.37. The third kappa shape index (κ3) is 4.66. The highest BCUT2D eigenvalue weighted by Gasteiger charge is 2.17. The summed E-state index contributed by atoms with van der Waals surface area (Å²) in [7, 11) is 0. The van der Waals surface area contributed by atoms with Crippen LogP contribution in [0.2, 0.25) is 0 Å². The van der Waals surface area contributed by atoms with Gasteiger partial charge in [0.15, 0.2) is 0 Å². The quantitative estimate of drug-likeness (QED) is 0.809. The number of carbonyl (C=O) groups excluding carboxylic acids is 2. The van der Waals surface area contributed by atoms with E-state index in [-0.39, 0.29) is 23.9 Å². The summed E-state index contributed by atoms with van der Waals surface area (Å²) in [6.45, 7) is 7.35. The molecule has 0 bridgehead atoms. The monoisotopic (exact) mass is 278 g/mol. The summed E-state index contributed by atoms with van der Waals surface area (Å²) in [6.07, 6.45) is -0.161. The van der Waals surface area contributed by atoms with Crippen molar-refractivity contribution in [1.29, 1.82) is 0 Å². The highest BCUT2D eigenvalue weighted by molar-refractivity contribution is 5.95. The number of hydrogen-bond donors (Lipinski definition) is 2. The molecule has 1 aromatic rings. The van der Waals surface area contributed by atoms with Gasteiger partial charge in [0.05, 0.1) is 17.7 Å². The fourth-order valence-corrected chi connectivity index (χ4v) is 1.50. The number of carbonyl (C=O) groups is 2. The highest BCUT2D eigenvalue weighted by atomic mass is 16.5. The molecule has 1 aromatic carbocycles. The maximum Gasteiger partial charge on any atom is 0.338 e. The summed E-state index contributed by atoms with van der Waals surface area (Å²) in [5.74, 6) is -0.551. The van der Waals surface area contributed by atoms with Crippen molar-refractivity contribution in [1.82, 2.24) is 0 Å². The smallest absolute Gasteiger partial charge is 0.338 e. The van der Waals surface area contributed by atoms with Crippen molar-refractivity contribution in [2.75, 3.05) is 5.32 Å². The molecular weight excluding hydrogens is 256 g/mol. The van der Waals surface area contributed by atoms with E-state index in [1.807, 2.05) is 13.8 Å². The van der Waals surface area contributed by atoms with Gasteiger partial charge in [-0.15, -0.1) is 0 Å². The molecule has 0 aromatic heterocycles. The normalized spacial score (nSPS) is 12.3. The van der Waals surface area contributed by atoms with Gasteiger partial charge in [0.2, 0.25) is 5.91 Å². The Morgan fingerprint density at radius 2 is 1.65 bits per heavy atom. The molecule has 0 saturated carbocycles. The van der Waals surface area contributed by atoms with Crippen molar-refractivity contribution in [3.05, 3.63) is 29.8 Å². The first kappa shape index (κ1) is 16.2. The van der Waals surface area contributed by atoms with Gasteiger partial charge in [0.25, 0.3) is 0 Å². The van der Waals surface area contributed by atoms with E-state index in [9.17, 15) is 9.59 Å². The largest absolute Gasteiger partial charge is 0.459 e. The van der Waals surface area contributed by atoms with E-state index in [2.05, 4.69) is 5.32 Å². The van der Waals surface area contributed by atoms with Crippen LogP contribution >= 0.6 is 0 Å². The van der Waals surface area contributed by atoms with Crippen LogP contribution in [0.3, 0.4) is 0 Å². The van der Waals surface area contributed by atoms with E-state index in [1.165, 1.54) is 0 Å². The lowest BCUT2D eigenvalue weighted by molar-refractivity contribution is -0.118. The van der Waals surface area contributed by atoms with Crippen LogP contribution in [-0.2, 0) is 9.53 Å². The van der Waals surface area contributed by atoms with Crippen LogP contribution < -0.4 is 11.1 Å². The molecule has 0 saturated heterocycles. The van der Waals surface area contributed by atoms with Gasteiger partial charge in [-0.25, -0.2) is 4.79 Å². The minimum atomic E-state index is -0.555. The van der Waals surface area contributed by atoms with Crippen LogP contribution in [0.15, 0.2) is 24.3 Å². The van der Waals surface area contributed by atoms with Gasteiger partial charge in [-0.3, -0.25) is 4.79 Å². The third-order valence-corrected chi connectivity index (χ3v) is 2.75. The maximum absolute atomic E-state index is 11.8. The van der Waals surface area contributed by atoms with E-state index in [0.717, 1.165) is 0 Å². The second-order valence-electron chi connectivity index (χ2n) is 5.29. The number of rotatable bonds is 5.